The minimum absolute atomic E-state index is 0.0357. The highest BCUT2D eigenvalue weighted by Crippen LogP contribution is 2.14. The quantitative estimate of drug-likeness (QED) is 0.268. The Morgan fingerprint density at radius 3 is 1.43 bits per heavy atom. The Morgan fingerprint density at radius 2 is 1.08 bits per heavy atom. The van der Waals surface area contributed by atoms with Crippen LogP contribution in [-0.4, -0.2) is 56.0 Å². The lowest BCUT2D eigenvalue weighted by atomic mass is 10.2. The molecule has 0 radical (unpaired) electrons. The van der Waals surface area contributed by atoms with Crippen molar-refractivity contribution in [2.75, 3.05) is 0 Å². The molecule has 4 rings (SSSR count). The van der Waals surface area contributed by atoms with E-state index in [1.807, 2.05) is 36.4 Å². The summed E-state index contributed by atoms with van der Waals surface area (Å²) in [5.41, 5.74) is 1.62. The van der Waals surface area contributed by atoms with Gasteiger partial charge in [0, 0.05) is 32.8 Å². The fraction of sp³-hybridized carbons (Fsp3) is 0.250. The van der Waals surface area contributed by atoms with Gasteiger partial charge in [0.1, 0.15) is 0 Å². The highest BCUT2D eigenvalue weighted by molar-refractivity contribution is 14.1. The minimum Gasteiger partial charge on any atom is -0.481 e. The molecule has 2 aliphatic rings. The first-order valence-electron chi connectivity index (χ1n) is 10.8. The van der Waals surface area contributed by atoms with Crippen LogP contribution >= 0.6 is 45.2 Å². The molecule has 0 spiro atoms. The van der Waals surface area contributed by atoms with Crippen LogP contribution in [0.5, 0.6) is 0 Å². The highest BCUT2D eigenvalue weighted by atomic mass is 127. The zero-order valence-electron chi connectivity index (χ0n) is 19.3. The standard InChI is InChI=1S/C12H10INO4.C8H7IO2.C4H5NO3/c13-9-3-1-8(2-4-9)7-12(17)18-14-10(15)5-6-11(14)16;9-7-3-1-6(2-4-7)5-8(10)11;6-3-1-2-4(7)5(3)8/h1-4H,5-7H2;1-4H,5H2,(H,10,11);8H,1-2H2. The zero-order chi connectivity index (χ0) is 27.5. The lowest BCUT2D eigenvalue weighted by molar-refractivity contribution is -0.197. The van der Waals surface area contributed by atoms with E-state index in [0.29, 0.717) is 5.06 Å². The predicted octanol–water partition coefficient (Wildman–Crippen LogP) is 2.88. The summed E-state index contributed by atoms with van der Waals surface area (Å²) in [6, 6.07) is 14.8. The summed E-state index contributed by atoms with van der Waals surface area (Å²) in [5, 5.41) is 17.6. The predicted molar refractivity (Wildman–Crippen MR) is 143 cm³/mol. The molecule has 4 amide bonds. The van der Waals surface area contributed by atoms with Crippen LogP contribution in [0.15, 0.2) is 48.5 Å². The molecule has 2 fully saturated rings. The normalized spacial score (nSPS) is 14.6. The van der Waals surface area contributed by atoms with E-state index in [4.69, 9.17) is 15.2 Å². The Balaban J connectivity index is 0.000000215. The molecule has 2 N–H and O–H groups in total. The van der Waals surface area contributed by atoms with E-state index in [0.717, 1.165) is 18.3 Å². The van der Waals surface area contributed by atoms with E-state index in [1.54, 1.807) is 12.1 Å². The van der Waals surface area contributed by atoms with Crippen molar-refractivity contribution in [3.63, 3.8) is 0 Å². The smallest absolute Gasteiger partial charge is 0.337 e. The van der Waals surface area contributed by atoms with Crippen molar-refractivity contribution in [1.29, 1.82) is 0 Å². The lowest BCUT2D eigenvalue weighted by Crippen LogP contribution is -2.32. The summed E-state index contributed by atoms with van der Waals surface area (Å²) in [6.45, 7) is 0. The first kappa shape index (κ1) is 30.3. The number of benzene rings is 2. The van der Waals surface area contributed by atoms with Gasteiger partial charge >= 0.3 is 11.9 Å². The molecule has 2 aromatic carbocycles. The van der Waals surface area contributed by atoms with Crippen molar-refractivity contribution in [3.05, 3.63) is 66.8 Å². The summed E-state index contributed by atoms with van der Waals surface area (Å²) >= 11 is 4.34. The van der Waals surface area contributed by atoms with Crippen LogP contribution in [0, 0.1) is 7.14 Å². The van der Waals surface area contributed by atoms with E-state index in [-0.39, 0.29) is 43.6 Å². The van der Waals surface area contributed by atoms with Crippen molar-refractivity contribution in [2.45, 2.75) is 38.5 Å². The molecular weight excluding hydrogens is 714 g/mol. The van der Waals surface area contributed by atoms with Gasteiger partial charge in [-0.1, -0.05) is 24.3 Å². The van der Waals surface area contributed by atoms with E-state index in [2.05, 4.69) is 45.2 Å². The van der Waals surface area contributed by atoms with Gasteiger partial charge in [0.2, 0.25) is 0 Å². The summed E-state index contributed by atoms with van der Waals surface area (Å²) < 4.78 is 2.19. The van der Waals surface area contributed by atoms with Crippen LogP contribution in [0.25, 0.3) is 0 Å². The summed E-state index contributed by atoms with van der Waals surface area (Å²) in [7, 11) is 0. The molecule has 2 heterocycles. The number of halogens is 2. The van der Waals surface area contributed by atoms with Gasteiger partial charge in [-0.2, -0.15) is 5.06 Å². The van der Waals surface area contributed by atoms with E-state index >= 15 is 0 Å². The Morgan fingerprint density at radius 1 is 0.703 bits per heavy atom. The highest BCUT2D eigenvalue weighted by Gasteiger charge is 2.32. The number of hydrogen-bond donors (Lipinski definition) is 2. The molecule has 0 aliphatic carbocycles. The maximum Gasteiger partial charge on any atom is 0.337 e. The fourth-order valence-electron chi connectivity index (χ4n) is 2.90. The number of carbonyl (C=O) groups excluding carboxylic acids is 5. The molecule has 11 nitrogen and oxygen atoms in total. The number of carboxylic acids is 1. The molecule has 0 unspecified atom stereocenters. The van der Waals surface area contributed by atoms with Gasteiger partial charge in [0.15, 0.2) is 0 Å². The van der Waals surface area contributed by atoms with Crippen LogP contribution < -0.4 is 0 Å². The first-order chi connectivity index (χ1) is 17.5. The van der Waals surface area contributed by atoms with Gasteiger partial charge in [-0.15, -0.1) is 5.06 Å². The third-order valence-electron chi connectivity index (χ3n) is 4.75. The largest absolute Gasteiger partial charge is 0.481 e. The number of imide groups is 2. The Hall–Kier alpha value is -2.92. The van der Waals surface area contributed by atoms with Crippen LogP contribution in [0.1, 0.15) is 36.8 Å². The second-order valence-corrected chi connectivity index (χ2v) is 10.1. The topological polar surface area (TPSA) is 159 Å². The number of carboxylic acid groups (broad SMARTS) is 1. The molecule has 2 saturated heterocycles. The van der Waals surface area contributed by atoms with E-state index in [9.17, 15) is 28.8 Å². The number of hydrogen-bond acceptors (Lipinski definition) is 8. The van der Waals surface area contributed by atoms with Gasteiger partial charge < -0.3 is 9.94 Å². The van der Waals surface area contributed by atoms with Gasteiger partial charge in [0.05, 0.1) is 12.8 Å². The average Bonchev–Trinajstić information content (AvgIpc) is 3.32. The number of carbonyl (C=O) groups is 6. The number of nitrogens with zero attached hydrogens (tertiary/aromatic N) is 2. The van der Waals surface area contributed by atoms with Crippen LogP contribution in [-0.2, 0) is 46.4 Å². The summed E-state index contributed by atoms with van der Waals surface area (Å²) in [5.74, 6) is -3.33. The first-order valence-corrected chi connectivity index (χ1v) is 12.9. The maximum absolute atomic E-state index is 11.6. The molecule has 0 saturated carbocycles. The molecule has 196 valence electrons. The van der Waals surface area contributed by atoms with Gasteiger partial charge in [0.25, 0.3) is 23.6 Å². The van der Waals surface area contributed by atoms with Crippen molar-refractivity contribution in [1.82, 2.24) is 10.1 Å². The molecule has 2 aromatic rings. The lowest BCUT2D eigenvalue weighted by Gasteiger charge is -2.12. The van der Waals surface area contributed by atoms with Crippen LogP contribution in [0.3, 0.4) is 0 Å². The number of aliphatic carboxylic acids is 1. The molecule has 0 aromatic heterocycles. The van der Waals surface area contributed by atoms with Crippen molar-refractivity contribution >= 4 is 80.7 Å². The molecule has 2 aliphatic heterocycles. The molecule has 37 heavy (non-hydrogen) atoms. The summed E-state index contributed by atoms with van der Waals surface area (Å²) in [4.78, 5) is 69.6. The molecule has 13 heteroatoms. The van der Waals surface area contributed by atoms with Crippen molar-refractivity contribution in [3.8, 4) is 0 Å². The van der Waals surface area contributed by atoms with Gasteiger partial charge in [-0.05, 0) is 80.6 Å². The monoisotopic (exact) mass is 736 g/mol. The fourth-order valence-corrected chi connectivity index (χ4v) is 3.62. The van der Waals surface area contributed by atoms with Gasteiger partial charge in [-0.3, -0.25) is 29.2 Å². The van der Waals surface area contributed by atoms with Crippen molar-refractivity contribution < 1.29 is 43.9 Å². The Labute approximate surface area is 238 Å². The third-order valence-corrected chi connectivity index (χ3v) is 6.19. The third kappa shape index (κ3) is 10.5. The molecule has 0 atom stereocenters. The van der Waals surface area contributed by atoms with Crippen LogP contribution in [0.2, 0.25) is 0 Å². The van der Waals surface area contributed by atoms with Crippen molar-refractivity contribution in [2.24, 2.45) is 0 Å². The van der Waals surface area contributed by atoms with E-state index < -0.39 is 35.6 Å². The second kappa shape index (κ2) is 14.7. The van der Waals surface area contributed by atoms with E-state index in [1.165, 1.54) is 0 Å². The maximum atomic E-state index is 11.6. The van der Waals surface area contributed by atoms with Gasteiger partial charge in [-0.25, -0.2) is 4.79 Å². The van der Waals surface area contributed by atoms with Crippen LogP contribution in [0.4, 0.5) is 0 Å². The molecule has 0 bridgehead atoms. The second-order valence-electron chi connectivity index (χ2n) is 7.64. The zero-order valence-corrected chi connectivity index (χ0v) is 23.6. The Kier molecular flexibility index (Phi) is 12.1. The number of rotatable bonds is 5. The average molecular weight is 736 g/mol. The number of amides is 4. The number of hydroxylamine groups is 4. The summed E-state index contributed by atoms with van der Waals surface area (Å²) in [6.07, 6.45) is 0.654. The SMILES string of the molecule is O=C(Cc1ccc(I)cc1)ON1C(=O)CCC1=O.O=C(O)Cc1ccc(I)cc1.O=C1CCC(=O)N1O. The minimum atomic E-state index is -0.786. The molecular formula is C24H22I2N2O9. The Bertz CT molecular complexity index is 1140.